The van der Waals surface area contributed by atoms with Crippen molar-refractivity contribution in [1.82, 2.24) is 0 Å². The van der Waals surface area contributed by atoms with Crippen LogP contribution in [-0.2, 0) is 0 Å². The molecule has 0 saturated heterocycles. The van der Waals surface area contributed by atoms with E-state index in [4.69, 9.17) is 18.9 Å². The molecule has 0 aliphatic rings. The fourth-order valence-corrected chi connectivity index (χ4v) is 4.38. The number of carbonyl (C=O) groups excluding carboxylic acids is 2. The van der Waals surface area contributed by atoms with E-state index in [0.29, 0.717) is 35.8 Å². The Labute approximate surface area is 270 Å². The van der Waals surface area contributed by atoms with Gasteiger partial charge >= 0.3 is 11.9 Å². The first kappa shape index (κ1) is 33.6. The summed E-state index contributed by atoms with van der Waals surface area (Å²) in [7, 11) is 0. The van der Waals surface area contributed by atoms with Crippen LogP contribution in [0.15, 0.2) is 107 Å². The molecule has 0 radical (unpaired) electrons. The summed E-state index contributed by atoms with van der Waals surface area (Å²) >= 11 is 0. The van der Waals surface area contributed by atoms with Crippen LogP contribution in [0.4, 0.5) is 0 Å². The molecule has 46 heavy (non-hydrogen) atoms. The first-order chi connectivity index (χ1) is 22.5. The molecule has 0 aliphatic heterocycles. The number of unbranched alkanes of at least 4 members (excludes halogenated alkanes) is 3. The van der Waals surface area contributed by atoms with E-state index in [-0.39, 0.29) is 0 Å². The number of esters is 2. The Kier molecular flexibility index (Phi) is 13.6. The first-order valence-electron chi connectivity index (χ1n) is 15.6. The van der Waals surface area contributed by atoms with Crippen molar-refractivity contribution in [2.75, 3.05) is 26.3 Å². The number of nitrogens with zero attached hydrogens (tertiary/aromatic N) is 2. The van der Waals surface area contributed by atoms with Gasteiger partial charge in [-0.1, -0.05) is 12.8 Å². The Morgan fingerprint density at radius 3 is 1.20 bits per heavy atom. The second-order valence-electron chi connectivity index (χ2n) is 10.3. The lowest BCUT2D eigenvalue weighted by molar-refractivity contribution is 0.0725. The van der Waals surface area contributed by atoms with E-state index in [2.05, 4.69) is 9.98 Å². The van der Waals surface area contributed by atoms with Crippen LogP contribution in [0.3, 0.4) is 0 Å². The van der Waals surface area contributed by atoms with Crippen molar-refractivity contribution in [1.29, 1.82) is 0 Å². The molecule has 238 valence electrons. The summed E-state index contributed by atoms with van der Waals surface area (Å²) in [5.74, 6) is 1.58. The van der Waals surface area contributed by atoms with Crippen LogP contribution in [0, 0.1) is 0 Å². The Morgan fingerprint density at radius 1 is 0.500 bits per heavy atom. The molecule has 0 N–H and O–H groups in total. The molecule has 0 atom stereocenters. The van der Waals surface area contributed by atoms with Crippen molar-refractivity contribution in [2.24, 2.45) is 9.98 Å². The predicted molar refractivity (Wildman–Crippen MR) is 181 cm³/mol. The van der Waals surface area contributed by atoms with E-state index >= 15 is 0 Å². The highest BCUT2D eigenvalue weighted by Gasteiger charge is 2.10. The van der Waals surface area contributed by atoms with Gasteiger partial charge in [0, 0.05) is 25.5 Å². The smallest absolute Gasteiger partial charge is 0.343 e. The first-order valence-corrected chi connectivity index (χ1v) is 15.6. The SMILES string of the molecule is CCOc1ccc(C(=O)Oc2ccc(C=NCCCCCCN=Cc3ccc(OC(=O)c4ccc(OCC)cc4)cc3)cc2)cc1. The molecule has 0 spiro atoms. The van der Waals surface area contributed by atoms with Crippen molar-refractivity contribution in [2.45, 2.75) is 39.5 Å². The Bertz CT molecular complexity index is 1440. The number of hydrogen-bond acceptors (Lipinski definition) is 8. The van der Waals surface area contributed by atoms with Gasteiger partial charge in [-0.15, -0.1) is 0 Å². The lowest BCUT2D eigenvalue weighted by atomic mass is 10.2. The molecule has 0 amide bonds. The summed E-state index contributed by atoms with van der Waals surface area (Å²) < 4.78 is 21.7. The van der Waals surface area contributed by atoms with Crippen LogP contribution < -0.4 is 18.9 Å². The highest BCUT2D eigenvalue weighted by Crippen LogP contribution is 2.18. The molecule has 0 saturated carbocycles. The number of rotatable bonds is 17. The average Bonchev–Trinajstić information content (AvgIpc) is 3.08. The van der Waals surface area contributed by atoms with Gasteiger partial charge < -0.3 is 18.9 Å². The second kappa shape index (κ2) is 18.5. The normalized spacial score (nSPS) is 11.1. The van der Waals surface area contributed by atoms with Gasteiger partial charge in [0.25, 0.3) is 0 Å². The van der Waals surface area contributed by atoms with Crippen LogP contribution >= 0.6 is 0 Å². The Hall–Kier alpha value is -5.24. The Morgan fingerprint density at radius 2 is 0.848 bits per heavy atom. The zero-order valence-corrected chi connectivity index (χ0v) is 26.4. The van der Waals surface area contributed by atoms with Gasteiger partial charge in [0.05, 0.1) is 24.3 Å². The highest BCUT2D eigenvalue weighted by atomic mass is 16.5. The third kappa shape index (κ3) is 11.4. The minimum Gasteiger partial charge on any atom is -0.494 e. The third-order valence-electron chi connectivity index (χ3n) is 6.79. The number of hydrogen-bond donors (Lipinski definition) is 0. The third-order valence-corrected chi connectivity index (χ3v) is 6.79. The standard InChI is InChI=1S/C38H40N2O6/c1-3-43-33-21-13-31(14-22-33)37(41)45-35-17-9-29(10-18-35)27-39-25-7-5-6-8-26-40-28-30-11-19-36(20-12-30)46-38(42)32-15-23-34(24-16-32)44-4-2/h9-24,27-28H,3-8,25-26H2,1-2H3. The van der Waals surface area contributed by atoms with Gasteiger partial charge in [0.1, 0.15) is 23.0 Å². The van der Waals surface area contributed by atoms with Crippen molar-refractivity contribution >= 4 is 24.4 Å². The maximum absolute atomic E-state index is 12.4. The molecule has 4 aromatic rings. The largest absolute Gasteiger partial charge is 0.494 e. The molecule has 4 rings (SSSR count). The molecule has 0 aromatic heterocycles. The van der Waals surface area contributed by atoms with Gasteiger partial charge in [-0.05, 0) is 135 Å². The fourth-order valence-electron chi connectivity index (χ4n) is 4.38. The van der Waals surface area contributed by atoms with Gasteiger partial charge in [0.15, 0.2) is 0 Å². The van der Waals surface area contributed by atoms with Crippen LogP contribution in [-0.4, -0.2) is 50.7 Å². The van der Waals surface area contributed by atoms with Gasteiger partial charge in [0.2, 0.25) is 0 Å². The zero-order valence-electron chi connectivity index (χ0n) is 26.4. The topological polar surface area (TPSA) is 95.8 Å². The molecule has 0 aliphatic carbocycles. The molecule has 0 unspecified atom stereocenters. The van der Waals surface area contributed by atoms with E-state index in [1.807, 2.05) is 50.5 Å². The van der Waals surface area contributed by atoms with Gasteiger partial charge in [-0.2, -0.15) is 0 Å². The molecule has 0 bridgehead atoms. The number of aliphatic imine (C=N–C) groups is 2. The van der Waals surface area contributed by atoms with Crippen molar-refractivity contribution in [3.8, 4) is 23.0 Å². The summed E-state index contributed by atoms with van der Waals surface area (Å²) in [5.41, 5.74) is 2.84. The summed E-state index contributed by atoms with van der Waals surface area (Å²) in [5, 5.41) is 0. The summed E-state index contributed by atoms with van der Waals surface area (Å²) in [6.45, 7) is 6.49. The van der Waals surface area contributed by atoms with E-state index < -0.39 is 11.9 Å². The summed E-state index contributed by atoms with van der Waals surface area (Å²) in [6.07, 6.45) is 7.87. The monoisotopic (exact) mass is 620 g/mol. The molecule has 8 heteroatoms. The predicted octanol–water partition coefficient (Wildman–Crippen LogP) is 8.02. The van der Waals surface area contributed by atoms with Crippen LogP contribution in [0.5, 0.6) is 23.0 Å². The molecular formula is C38H40N2O6. The van der Waals surface area contributed by atoms with Crippen molar-refractivity contribution in [3.63, 3.8) is 0 Å². The van der Waals surface area contributed by atoms with Gasteiger partial charge in [-0.25, -0.2) is 9.59 Å². The van der Waals surface area contributed by atoms with E-state index in [1.165, 1.54) is 0 Å². The zero-order chi connectivity index (χ0) is 32.4. The number of benzene rings is 4. The molecule has 4 aromatic carbocycles. The van der Waals surface area contributed by atoms with E-state index in [9.17, 15) is 9.59 Å². The van der Waals surface area contributed by atoms with E-state index in [1.54, 1.807) is 72.8 Å². The lowest BCUT2D eigenvalue weighted by Gasteiger charge is -2.06. The second-order valence-corrected chi connectivity index (χ2v) is 10.3. The quantitative estimate of drug-likeness (QED) is 0.0513. The molecule has 0 fully saturated rings. The molecular weight excluding hydrogens is 580 g/mol. The number of carbonyl (C=O) groups is 2. The Balaban J connectivity index is 1.06. The van der Waals surface area contributed by atoms with Crippen molar-refractivity contribution in [3.05, 3.63) is 119 Å². The number of ether oxygens (including phenoxy) is 4. The average molecular weight is 621 g/mol. The lowest BCUT2D eigenvalue weighted by Crippen LogP contribution is -2.08. The maximum Gasteiger partial charge on any atom is 0.343 e. The maximum atomic E-state index is 12.4. The van der Waals surface area contributed by atoms with Crippen LogP contribution in [0.1, 0.15) is 71.4 Å². The molecule has 8 nitrogen and oxygen atoms in total. The fraction of sp³-hybridized carbons (Fsp3) is 0.263. The van der Waals surface area contributed by atoms with Crippen molar-refractivity contribution < 1.29 is 28.5 Å². The van der Waals surface area contributed by atoms with Crippen LogP contribution in [0.2, 0.25) is 0 Å². The minimum absolute atomic E-state index is 0.412. The minimum atomic E-state index is -0.412. The van der Waals surface area contributed by atoms with Crippen LogP contribution in [0.25, 0.3) is 0 Å². The summed E-state index contributed by atoms with van der Waals surface area (Å²) in [6, 6.07) is 28.4. The molecule has 0 heterocycles. The van der Waals surface area contributed by atoms with Gasteiger partial charge in [-0.3, -0.25) is 9.98 Å². The summed E-state index contributed by atoms with van der Waals surface area (Å²) in [4.78, 5) is 33.8. The highest BCUT2D eigenvalue weighted by molar-refractivity contribution is 5.92. The van der Waals surface area contributed by atoms with E-state index in [0.717, 1.165) is 61.4 Å².